The van der Waals surface area contributed by atoms with Crippen LogP contribution >= 0.6 is 0 Å². The lowest BCUT2D eigenvalue weighted by Crippen LogP contribution is -2.34. The van der Waals surface area contributed by atoms with Gasteiger partial charge in [-0.25, -0.2) is 0 Å². The summed E-state index contributed by atoms with van der Waals surface area (Å²) in [5.41, 5.74) is 2.05. The molecule has 19 heavy (non-hydrogen) atoms. The molecule has 0 bridgehead atoms. The van der Waals surface area contributed by atoms with Crippen molar-refractivity contribution in [1.82, 2.24) is 0 Å². The number of benzene rings is 1. The van der Waals surface area contributed by atoms with Crippen LogP contribution in [0, 0.1) is 5.92 Å². The third-order valence-corrected chi connectivity index (χ3v) is 3.31. The number of ether oxygens (including phenoxy) is 2. The predicted molar refractivity (Wildman–Crippen MR) is 69.6 cm³/mol. The third-order valence-electron chi connectivity index (χ3n) is 3.31. The van der Waals surface area contributed by atoms with E-state index in [1.165, 1.54) is 6.92 Å². The Hall–Kier alpha value is -1.68. The molecule has 0 radical (unpaired) electrons. The lowest BCUT2D eigenvalue weighted by Gasteiger charge is -2.30. The molecule has 1 aliphatic rings. The van der Waals surface area contributed by atoms with Gasteiger partial charge in [0.1, 0.15) is 17.8 Å². The average Bonchev–Trinajstić information content (AvgIpc) is 2.39. The molecule has 102 valence electrons. The first-order chi connectivity index (χ1) is 9.15. The standard InChI is InChI=1S/C15H18O4/c1-3-18-15(17)13(10(2)16)14-12-7-5-4-6-11(12)8-9-19-14/h4-7,13-14H,3,8-9H2,1-2H3. The van der Waals surface area contributed by atoms with E-state index in [0.29, 0.717) is 6.61 Å². The zero-order valence-electron chi connectivity index (χ0n) is 11.2. The Kier molecular flexibility index (Phi) is 4.32. The number of carbonyl (C=O) groups excluding carboxylic acids is 2. The number of Topliss-reactive ketones (excluding diaryl/α,β-unsaturated/α-hetero) is 1. The van der Waals surface area contributed by atoms with Gasteiger partial charge in [-0.1, -0.05) is 24.3 Å². The summed E-state index contributed by atoms with van der Waals surface area (Å²) in [6.07, 6.45) is 0.279. The topological polar surface area (TPSA) is 52.6 Å². The molecule has 4 nitrogen and oxygen atoms in total. The van der Waals surface area contributed by atoms with Crippen LogP contribution in [0.1, 0.15) is 31.1 Å². The fourth-order valence-electron chi connectivity index (χ4n) is 2.44. The van der Waals surface area contributed by atoms with Crippen molar-refractivity contribution in [2.24, 2.45) is 5.92 Å². The van der Waals surface area contributed by atoms with Crippen molar-refractivity contribution in [3.63, 3.8) is 0 Å². The van der Waals surface area contributed by atoms with Gasteiger partial charge in [0.25, 0.3) is 0 Å². The highest BCUT2D eigenvalue weighted by molar-refractivity contribution is 5.98. The van der Waals surface area contributed by atoms with Gasteiger partial charge in [0.15, 0.2) is 0 Å². The first kappa shape index (κ1) is 13.7. The summed E-state index contributed by atoms with van der Waals surface area (Å²) >= 11 is 0. The fourth-order valence-corrected chi connectivity index (χ4v) is 2.44. The van der Waals surface area contributed by atoms with Crippen molar-refractivity contribution < 1.29 is 19.1 Å². The van der Waals surface area contributed by atoms with Crippen LogP contribution in [0.3, 0.4) is 0 Å². The van der Waals surface area contributed by atoms with Crippen LogP contribution in [0.5, 0.6) is 0 Å². The molecule has 1 aromatic rings. The van der Waals surface area contributed by atoms with E-state index in [0.717, 1.165) is 17.5 Å². The minimum atomic E-state index is -0.874. The van der Waals surface area contributed by atoms with E-state index < -0.39 is 18.0 Å². The van der Waals surface area contributed by atoms with Crippen molar-refractivity contribution in [3.05, 3.63) is 35.4 Å². The molecule has 4 heteroatoms. The number of carbonyl (C=O) groups is 2. The summed E-state index contributed by atoms with van der Waals surface area (Å²) in [6.45, 7) is 3.91. The van der Waals surface area contributed by atoms with Crippen molar-refractivity contribution in [1.29, 1.82) is 0 Å². The molecule has 0 aromatic heterocycles. The summed E-state index contributed by atoms with van der Waals surface area (Å²) in [6, 6.07) is 7.76. The molecule has 0 spiro atoms. The Morgan fingerprint density at radius 2 is 2.16 bits per heavy atom. The van der Waals surface area contributed by atoms with E-state index in [2.05, 4.69) is 0 Å². The zero-order valence-corrected chi connectivity index (χ0v) is 11.2. The van der Waals surface area contributed by atoms with E-state index in [9.17, 15) is 9.59 Å². The molecule has 2 atom stereocenters. The van der Waals surface area contributed by atoms with Crippen LogP contribution < -0.4 is 0 Å². The smallest absolute Gasteiger partial charge is 0.319 e. The van der Waals surface area contributed by atoms with E-state index in [1.54, 1.807) is 6.92 Å². The summed E-state index contributed by atoms with van der Waals surface area (Å²) in [4.78, 5) is 23.8. The number of hydrogen-bond acceptors (Lipinski definition) is 4. The van der Waals surface area contributed by atoms with Crippen LogP contribution in [0.2, 0.25) is 0 Å². The average molecular weight is 262 g/mol. The molecule has 1 aliphatic heterocycles. The minimum absolute atomic E-state index is 0.222. The Bertz CT molecular complexity index is 481. The molecule has 1 heterocycles. The number of hydrogen-bond donors (Lipinski definition) is 0. The minimum Gasteiger partial charge on any atom is -0.465 e. The number of esters is 1. The summed E-state index contributed by atoms with van der Waals surface area (Å²) in [5, 5.41) is 0. The highest BCUT2D eigenvalue weighted by atomic mass is 16.5. The van der Waals surface area contributed by atoms with Crippen molar-refractivity contribution in [2.75, 3.05) is 13.2 Å². The number of rotatable bonds is 4. The Labute approximate surface area is 112 Å². The molecule has 0 aliphatic carbocycles. The third kappa shape index (κ3) is 2.84. The number of fused-ring (bicyclic) bond motifs is 1. The van der Waals surface area contributed by atoms with Crippen molar-refractivity contribution >= 4 is 11.8 Å². The van der Waals surface area contributed by atoms with Crippen LogP contribution in [0.15, 0.2) is 24.3 Å². The van der Waals surface area contributed by atoms with Gasteiger partial charge in [-0.05, 0) is 31.4 Å². The normalized spacial score (nSPS) is 19.4. The van der Waals surface area contributed by atoms with Crippen molar-refractivity contribution in [2.45, 2.75) is 26.4 Å². The van der Waals surface area contributed by atoms with E-state index in [-0.39, 0.29) is 12.4 Å². The highest BCUT2D eigenvalue weighted by Crippen LogP contribution is 2.34. The predicted octanol–water partition coefficient (Wildman–Crippen LogP) is 2.07. The molecule has 1 aromatic carbocycles. The Morgan fingerprint density at radius 3 is 2.84 bits per heavy atom. The molecule has 2 rings (SSSR count). The van der Waals surface area contributed by atoms with Crippen LogP contribution in [0.4, 0.5) is 0 Å². The van der Waals surface area contributed by atoms with Gasteiger partial charge in [0.2, 0.25) is 0 Å². The van der Waals surface area contributed by atoms with E-state index in [4.69, 9.17) is 9.47 Å². The second-order valence-corrected chi connectivity index (χ2v) is 4.58. The van der Waals surface area contributed by atoms with E-state index in [1.807, 2.05) is 24.3 Å². The van der Waals surface area contributed by atoms with Crippen LogP contribution in [0.25, 0.3) is 0 Å². The molecule has 0 amide bonds. The highest BCUT2D eigenvalue weighted by Gasteiger charge is 2.38. The van der Waals surface area contributed by atoms with Gasteiger partial charge in [-0.15, -0.1) is 0 Å². The largest absolute Gasteiger partial charge is 0.465 e. The Balaban J connectivity index is 2.33. The molecule has 2 unspecified atom stereocenters. The molecule has 0 saturated carbocycles. The molecule has 0 fully saturated rings. The van der Waals surface area contributed by atoms with Gasteiger partial charge in [0.05, 0.1) is 13.2 Å². The SMILES string of the molecule is CCOC(=O)C(C(C)=O)C1OCCc2ccccc21. The second-order valence-electron chi connectivity index (χ2n) is 4.58. The summed E-state index contributed by atoms with van der Waals surface area (Å²) in [5.74, 6) is -1.60. The van der Waals surface area contributed by atoms with Gasteiger partial charge in [-0.2, -0.15) is 0 Å². The quantitative estimate of drug-likeness (QED) is 0.615. The first-order valence-electron chi connectivity index (χ1n) is 6.51. The first-order valence-corrected chi connectivity index (χ1v) is 6.51. The summed E-state index contributed by atoms with van der Waals surface area (Å²) in [7, 11) is 0. The van der Waals surface area contributed by atoms with E-state index >= 15 is 0 Å². The molecule has 0 N–H and O–H groups in total. The molecular weight excluding hydrogens is 244 g/mol. The van der Waals surface area contributed by atoms with Gasteiger partial charge in [-0.3, -0.25) is 9.59 Å². The maximum Gasteiger partial charge on any atom is 0.319 e. The Morgan fingerprint density at radius 1 is 1.42 bits per heavy atom. The lowest BCUT2D eigenvalue weighted by atomic mass is 9.87. The number of ketones is 1. The fraction of sp³-hybridized carbons (Fsp3) is 0.467. The lowest BCUT2D eigenvalue weighted by molar-refractivity contribution is -0.158. The van der Waals surface area contributed by atoms with Gasteiger partial charge < -0.3 is 9.47 Å². The maximum atomic E-state index is 12.0. The van der Waals surface area contributed by atoms with Gasteiger partial charge in [0, 0.05) is 0 Å². The van der Waals surface area contributed by atoms with Crippen LogP contribution in [-0.4, -0.2) is 25.0 Å². The van der Waals surface area contributed by atoms with Crippen molar-refractivity contribution in [3.8, 4) is 0 Å². The molecule has 0 saturated heterocycles. The monoisotopic (exact) mass is 262 g/mol. The zero-order chi connectivity index (χ0) is 13.8. The van der Waals surface area contributed by atoms with Gasteiger partial charge >= 0.3 is 5.97 Å². The molecular formula is C15H18O4. The second kappa shape index (κ2) is 5.97. The maximum absolute atomic E-state index is 12.0. The van der Waals surface area contributed by atoms with Crippen LogP contribution in [-0.2, 0) is 25.5 Å². The summed E-state index contributed by atoms with van der Waals surface area (Å²) < 4.78 is 10.7.